The molecule has 1 N–H and O–H groups in total. The van der Waals surface area contributed by atoms with E-state index in [1.165, 1.54) is 10.6 Å². The smallest absolute Gasteiger partial charge is 0.188 e. The Balaban J connectivity index is 1.72. The molecule has 132 valence electrons. The minimum absolute atomic E-state index is 0.0559. The monoisotopic (exact) mass is 352 g/mol. The number of nitrogens with zero attached hydrogens (tertiary/aromatic N) is 5. The molecule has 0 radical (unpaired) electrons. The molecular formula is C18H17FN6O. The fourth-order valence-electron chi connectivity index (χ4n) is 3.08. The van der Waals surface area contributed by atoms with Crippen molar-refractivity contribution in [3.05, 3.63) is 59.2 Å². The van der Waals surface area contributed by atoms with E-state index >= 15 is 0 Å². The molecule has 0 aliphatic rings. The highest BCUT2D eigenvalue weighted by Gasteiger charge is 2.18. The first-order valence-corrected chi connectivity index (χ1v) is 8.21. The van der Waals surface area contributed by atoms with Crippen molar-refractivity contribution in [1.29, 1.82) is 0 Å². The minimum atomic E-state index is -0.369. The molecule has 3 aromatic heterocycles. The van der Waals surface area contributed by atoms with Crippen molar-refractivity contribution in [1.82, 2.24) is 25.0 Å². The Morgan fingerprint density at radius 1 is 1.12 bits per heavy atom. The molecule has 7 nitrogen and oxygen atoms in total. The van der Waals surface area contributed by atoms with Gasteiger partial charge in [-0.3, -0.25) is 0 Å². The molecule has 0 saturated carbocycles. The second kappa shape index (κ2) is 6.21. The first-order valence-electron chi connectivity index (χ1n) is 8.21. The zero-order chi connectivity index (χ0) is 18.3. The zero-order valence-corrected chi connectivity index (χ0v) is 14.6. The van der Waals surface area contributed by atoms with Gasteiger partial charge in [0.05, 0.1) is 17.3 Å². The second-order valence-corrected chi connectivity index (χ2v) is 6.10. The quantitative estimate of drug-likeness (QED) is 0.603. The summed E-state index contributed by atoms with van der Waals surface area (Å²) in [6, 6.07) is 9.96. The van der Waals surface area contributed by atoms with Crippen molar-refractivity contribution in [2.75, 3.05) is 5.32 Å². The third-order valence-corrected chi connectivity index (χ3v) is 4.26. The molecule has 8 heteroatoms. The Labute approximate surface area is 148 Å². The summed E-state index contributed by atoms with van der Waals surface area (Å²) in [5.41, 5.74) is 2.71. The summed E-state index contributed by atoms with van der Waals surface area (Å²) in [5.74, 6) is 1.36. The third kappa shape index (κ3) is 2.69. The van der Waals surface area contributed by atoms with Crippen molar-refractivity contribution in [3.63, 3.8) is 0 Å². The average Bonchev–Trinajstić information content (AvgIpc) is 3.18. The number of aromatic nitrogens is 5. The van der Waals surface area contributed by atoms with Crippen LogP contribution in [0, 0.1) is 19.7 Å². The Morgan fingerprint density at radius 3 is 2.65 bits per heavy atom. The molecule has 0 amide bonds. The Hall–Kier alpha value is -3.29. The van der Waals surface area contributed by atoms with Gasteiger partial charge in [0.1, 0.15) is 17.4 Å². The van der Waals surface area contributed by atoms with Gasteiger partial charge in [0.2, 0.25) is 0 Å². The maximum absolute atomic E-state index is 14.1. The molecule has 1 aromatic carbocycles. The van der Waals surface area contributed by atoms with E-state index in [0.29, 0.717) is 22.9 Å². The average molecular weight is 352 g/mol. The number of hydrogen-bond acceptors (Lipinski definition) is 6. The maximum atomic E-state index is 14.1. The van der Waals surface area contributed by atoms with E-state index in [4.69, 9.17) is 4.52 Å². The van der Waals surface area contributed by atoms with Crippen LogP contribution in [0.1, 0.15) is 30.0 Å². The van der Waals surface area contributed by atoms with Crippen LogP contribution in [0.2, 0.25) is 0 Å². The lowest BCUT2D eigenvalue weighted by Gasteiger charge is -2.14. The van der Waals surface area contributed by atoms with Crippen molar-refractivity contribution >= 4 is 11.5 Å². The molecule has 0 aliphatic carbocycles. The predicted molar refractivity (Wildman–Crippen MR) is 94.2 cm³/mol. The molecule has 1 unspecified atom stereocenters. The lowest BCUT2D eigenvalue weighted by Crippen LogP contribution is -2.11. The van der Waals surface area contributed by atoms with Gasteiger partial charge in [0, 0.05) is 5.56 Å². The first-order chi connectivity index (χ1) is 12.5. The van der Waals surface area contributed by atoms with Gasteiger partial charge in [-0.1, -0.05) is 17.3 Å². The van der Waals surface area contributed by atoms with Gasteiger partial charge in [0.25, 0.3) is 0 Å². The van der Waals surface area contributed by atoms with Crippen molar-refractivity contribution in [2.45, 2.75) is 26.8 Å². The lowest BCUT2D eigenvalue weighted by molar-refractivity contribution is 0.392. The summed E-state index contributed by atoms with van der Waals surface area (Å²) < 4.78 is 20.9. The van der Waals surface area contributed by atoms with E-state index in [1.54, 1.807) is 24.3 Å². The molecule has 4 aromatic rings. The van der Waals surface area contributed by atoms with Gasteiger partial charge >= 0.3 is 0 Å². The van der Waals surface area contributed by atoms with Crippen molar-refractivity contribution < 1.29 is 8.91 Å². The van der Waals surface area contributed by atoms with E-state index in [0.717, 1.165) is 17.0 Å². The lowest BCUT2D eigenvalue weighted by atomic mass is 10.1. The number of anilines is 1. The topological polar surface area (TPSA) is 81.1 Å². The predicted octanol–water partition coefficient (Wildman–Crippen LogP) is 3.71. The van der Waals surface area contributed by atoms with E-state index in [9.17, 15) is 4.39 Å². The van der Waals surface area contributed by atoms with Crippen LogP contribution in [-0.2, 0) is 0 Å². The number of fused-ring (bicyclic) bond motifs is 1. The van der Waals surface area contributed by atoms with Crippen LogP contribution >= 0.6 is 0 Å². The Bertz CT molecular complexity index is 1070. The van der Waals surface area contributed by atoms with E-state index < -0.39 is 0 Å². The van der Waals surface area contributed by atoms with E-state index in [1.807, 2.05) is 26.8 Å². The highest BCUT2D eigenvalue weighted by Crippen LogP contribution is 2.25. The molecule has 4 rings (SSSR count). The maximum Gasteiger partial charge on any atom is 0.188 e. The molecule has 1 atom stereocenters. The van der Waals surface area contributed by atoms with Crippen molar-refractivity contribution in [2.24, 2.45) is 0 Å². The van der Waals surface area contributed by atoms with Crippen LogP contribution in [0.4, 0.5) is 10.2 Å². The minimum Gasteiger partial charge on any atom is -0.362 e. The molecule has 0 bridgehead atoms. The van der Waals surface area contributed by atoms with Crippen LogP contribution in [-0.4, -0.2) is 25.0 Å². The molecule has 0 saturated heterocycles. The normalized spacial score (nSPS) is 12.5. The highest BCUT2D eigenvalue weighted by molar-refractivity contribution is 5.60. The van der Waals surface area contributed by atoms with Gasteiger partial charge < -0.3 is 9.84 Å². The molecular weight excluding hydrogens is 335 g/mol. The molecule has 0 aliphatic heterocycles. The van der Waals surface area contributed by atoms with Gasteiger partial charge in [-0.25, -0.2) is 4.39 Å². The van der Waals surface area contributed by atoms with Crippen LogP contribution in [0.3, 0.4) is 0 Å². The third-order valence-electron chi connectivity index (χ3n) is 4.26. The number of benzene rings is 1. The summed E-state index contributed by atoms with van der Waals surface area (Å²) >= 11 is 0. The molecule has 0 spiro atoms. The van der Waals surface area contributed by atoms with Gasteiger partial charge in [-0.15, -0.1) is 15.3 Å². The van der Waals surface area contributed by atoms with Gasteiger partial charge in [0.15, 0.2) is 11.5 Å². The van der Waals surface area contributed by atoms with Gasteiger partial charge in [-0.2, -0.15) is 4.52 Å². The highest BCUT2D eigenvalue weighted by atomic mass is 19.1. The fraction of sp³-hybridized carbons (Fsp3) is 0.222. The molecule has 3 heterocycles. The van der Waals surface area contributed by atoms with Crippen LogP contribution < -0.4 is 5.32 Å². The van der Waals surface area contributed by atoms with E-state index in [2.05, 4.69) is 25.8 Å². The largest absolute Gasteiger partial charge is 0.362 e. The Kier molecular flexibility index (Phi) is 3.87. The number of halogens is 1. The number of nitrogens with one attached hydrogen (secondary N) is 1. The second-order valence-electron chi connectivity index (χ2n) is 6.10. The molecule has 26 heavy (non-hydrogen) atoms. The summed E-state index contributed by atoms with van der Waals surface area (Å²) in [5, 5.41) is 20.0. The Morgan fingerprint density at radius 2 is 1.92 bits per heavy atom. The zero-order valence-electron chi connectivity index (χ0n) is 14.6. The standard InChI is InChI=1S/C18H17FN6O/c1-10(17-11(2)24-26-12(17)3)20-15-8-9-16-21-22-18(25(16)23-15)13-6-4-5-7-14(13)19/h4-10H,1-3H3,(H,20,23). The van der Waals surface area contributed by atoms with E-state index in [-0.39, 0.29) is 11.9 Å². The van der Waals surface area contributed by atoms with Crippen LogP contribution in [0.25, 0.3) is 17.0 Å². The summed E-state index contributed by atoms with van der Waals surface area (Å²) in [7, 11) is 0. The molecule has 0 fully saturated rings. The fourth-order valence-corrected chi connectivity index (χ4v) is 3.08. The van der Waals surface area contributed by atoms with Gasteiger partial charge in [-0.05, 0) is 45.0 Å². The number of aryl methyl sites for hydroxylation is 2. The first kappa shape index (κ1) is 16.2. The number of hydrogen-bond donors (Lipinski definition) is 1. The SMILES string of the molecule is Cc1noc(C)c1C(C)Nc1ccc2nnc(-c3ccccc3F)n2n1. The van der Waals surface area contributed by atoms with Crippen LogP contribution in [0.15, 0.2) is 40.9 Å². The summed E-state index contributed by atoms with van der Waals surface area (Å²) in [6.07, 6.45) is 0. The summed E-state index contributed by atoms with van der Waals surface area (Å²) in [6.45, 7) is 5.78. The van der Waals surface area contributed by atoms with Crippen molar-refractivity contribution in [3.8, 4) is 11.4 Å². The summed E-state index contributed by atoms with van der Waals surface area (Å²) in [4.78, 5) is 0. The van der Waals surface area contributed by atoms with Crippen LogP contribution in [0.5, 0.6) is 0 Å². The number of rotatable bonds is 4.